The SMILES string of the molecule is CCC(=O)N1CCC(NC(=NC)NCC(=O)N2CCCC2)C1. The number of carbonyl (C=O) groups excluding carboxylic acids is 2. The Kier molecular flexibility index (Phi) is 6.03. The first-order chi connectivity index (χ1) is 10.6. The minimum Gasteiger partial charge on any atom is -0.352 e. The second-order valence-corrected chi connectivity index (χ2v) is 5.84. The van der Waals surface area contributed by atoms with Gasteiger partial charge in [-0.2, -0.15) is 0 Å². The Balaban J connectivity index is 1.73. The molecule has 1 atom stereocenters. The van der Waals surface area contributed by atoms with E-state index in [1.165, 1.54) is 0 Å². The Hall–Kier alpha value is -1.79. The summed E-state index contributed by atoms with van der Waals surface area (Å²) in [6.07, 6.45) is 3.65. The summed E-state index contributed by atoms with van der Waals surface area (Å²) in [4.78, 5) is 31.6. The molecule has 22 heavy (non-hydrogen) atoms. The summed E-state index contributed by atoms with van der Waals surface area (Å²) in [6, 6.07) is 0.198. The normalized spacial score (nSPS) is 22.1. The molecule has 0 bridgehead atoms. The molecule has 2 saturated heterocycles. The van der Waals surface area contributed by atoms with Gasteiger partial charge in [0.15, 0.2) is 5.96 Å². The molecular weight excluding hydrogens is 282 g/mol. The van der Waals surface area contributed by atoms with Gasteiger partial charge in [-0.05, 0) is 19.3 Å². The van der Waals surface area contributed by atoms with Gasteiger partial charge in [-0.25, -0.2) is 0 Å². The molecule has 0 aromatic rings. The highest BCUT2D eigenvalue weighted by atomic mass is 16.2. The first-order valence-electron chi connectivity index (χ1n) is 8.16. The van der Waals surface area contributed by atoms with Crippen LogP contribution in [0.4, 0.5) is 0 Å². The molecule has 2 aliphatic rings. The second-order valence-electron chi connectivity index (χ2n) is 5.84. The summed E-state index contributed by atoms with van der Waals surface area (Å²) in [5.41, 5.74) is 0. The fourth-order valence-electron chi connectivity index (χ4n) is 2.95. The summed E-state index contributed by atoms with van der Waals surface area (Å²) < 4.78 is 0. The quantitative estimate of drug-likeness (QED) is 0.556. The molecule has 0 aliphatic carbocycles. The van der Waals surface area contributed by atoms with Crippen LogP contribution in [-0.2, 0) is 9.59 Å². The molecule has 0 aromatic heterocycles. The van der Waals surface area contributed by atoms with Gasteiger partial charge < -0.3 is 20.4 Å². The molecule has 0 aromatic carbocycles. The molecule has 0 spiro atoms. The van der Waals surface area contributed by atoms with Crippen LogP contribution in [0.2, 0.25) is 0 Å². The monoisotopic (exact) mass is 309 g/mol. The van der Waals surface area contributed by atoms with E-state index in [0.29, 0.717) is 18.9 Å². The standard InChI is InChI=1S/C15H27N5O2/c1-3-13(21)20-9-6-12(11-20)18-15(16-2)17-10-14(22)19-7-4-5-8-19/h12H,3-11H2,1-2H3,(H2,16,17,18). The lowest BCUT2D eigenvalue weighted by Crippen LogP contribution is -2.48. The van der Waals surface area contributed by atoms with Crippen LogP contribution in [-0.4, -0.2) is 73.4 Å². The molecule has 1 unspecified atom stereocenters. The highest BCUT2D eigenvalue weighted by molar-refractivity contribution is 5.86. The van der Waals surface area contributed by atoms with Gasteiger partial charge in [-0.1, -0.05) is 6.92 Å². The Labute approximate surface area is 132 Å². The zero-order chi connectivity index (χ0) is 15.9. The van der Waals surface area contributed by atoms with Crippen molar-refractivity contribution in [1.82, 2.24) is 20.4 Å². The Morgan fingerprint density at radius 3 is 2.50 bits per heavy atom. The van der Waals surface area contributed by atoms with Crippen LogP contribution in [0, 0.1) is 0 Å². The average molecular weight is 309 g/mol. The van der Waals surface area contributed by atoms with Crippen molar-refractivity contribution in [3.8, 4) is 0 Å². The second kappa shape index (κ2) is 8.00. The van der Waals surface area contributed by atoms with E-state index < -0.39 is 0 Å². The molecule has 7 heteroatoms. The number of nitrogens with one attached hydrogen (secondary N) is 2. The Morgan fingerprint density at radius 2 is 1.86 bits per heavy atom. The van der Waals surface area contributed by atoms with Crippen LogP contribution in [0.15, 0.2) is 4.99 Å². The summed E-state index contributed by atoms with van der Waals surface area (Å²) in [7, 11) is 1.69. The van der Waals surface area contributed by atoms with Gasteiger partial charge in [0.05, 0.1) is 6.54 Å². The van der Waals surface area contributed by atoms with Crippen LogP contribution in [0.3, 0.4) is 0 Å². The number of nitrogens with zero attached hydrogens (tertiary/aromatic N) is 3. The number of carbonyl (C=O) groups is 2. The predicted octanol–water partition coefficient (Wildman–Crippen LogP) is -0.215. The molecule has 2 rings (SSSR count). The number of hydrogen-bond acceptors (Lipinski definition) is 3. The third kappa shape index (κ3) is 4.35. The van der Waals surface area contributed by atoms with Crippen molar-refractivity contribution < 1.29 is 9.59 Å². The van der Waals surface area contributed by atoms with Crippen LogP contribution in [0.1, 0.15) is 32.6 Å². The number of rotatable bonds is 4. The zero-order valence-corrected chi connectivity index (χ0v) is 13.6. The molecule has 0 saturated carbocycles. The zero-order valence-electron chi connectivity index (χ0n) is 13.6. The lowest BCUT2D eigenvalue weighted by molar-refractivity contribution is -0.130. The van der Waals surface area contributed by atoms with Crippen molar-refractivity contribution in [2.24, 2.45) is 4.99 Å². The Morgan fingerprint density at radius 1 is 1.14 bits per heavy atom. The third-order valence-electron chi connectivity index (χ3n) is 4.27. The lowest BCUT2D eigenvalue weighted by Gasteiger charge is -2.20. The maximum absolute atomic E-state index is 12.0. The van der Waals surface area contributed by atoms with Crippen molar-refractivity contribution in [1.29, 1.82) is 0 Å². The molecule has 2 N–H and O–H groups in total. The average Bonchev–Trinajstić information content (AvgIpc) is 3.21. The lowest BCUT2D eigenvalue weighted by atomic mass is 10.3. The first-order valence-corrected chi connectivity index (χ1v) is 8.16. The molecule has 2 amide bonds. The van der Waals surface area contributed by atoms with E-state index in [-0.39, 0.29) is 24.4 Å². The molecule has 7 nitrogen and oxygen atoms in total. The molecule has 124 valence electrons. The van der Waals surface area contributed by atoms with Crippen LogP contribution in [0.25, 0.3) is 0 Å². The fourth-order valence-corrected chi connectivity index (χ4v) is 2.95. The molecule has 2 heterocycles. The summed E-state index contributed by atoms with van der Waals surface area (Å²) in [6.45, 7) is 5.37. The number of aliphatic imine (C=N–C) groups is 1. The number of guanidine groups is 1. The van der Waals surface area contributed by atoms with Gasteiger partial charge in [-0.3, -0.25) is 14.6 Å². The largest absolute Gasteiger partial charge is 0.352 e. The van der Waals surface area contributed by atoms with Gasteiger partial charge >= 0.3 is 0 Å². The summed E-state index contributed by atoms with van der Waals surface area (Å²) in [5, 5.41) is 6.37. The van der Waals surface area contributed by atoms with Gasteiger partial charge in [-0.15, -0.1) is 0 Å². The van der Waals surface area contributed by atoms with Crippen molar-refractivity contribution in [3.05, 3.63) is 0 Å². The van der Waals surface area contributed by atoms with Gasteiger partial charge in [0.1, 0.15) is 0 Å². The minimum absolute atomic E-state index is 0.120. The minimum atomic E-state index is 0.120. The van der Waals surface area contributed by atoms with Gasteiger partial charge in [0, 0.05) is 45.7 Å². The van der Waals surface area contributed by atoms with E-state index in [1.54, 1.807) is 7.05 Å². The van der Waals surface area contributed by atoms with Gasteiger partial charge in [0.2, 0.25) is 11.8 Å². The predicted molar refractivity (Wildman–Crippen MR) is 85.6 cm³/mol. The highest BCUT2D eigenvalue weighted by Gasteiger charge is 2.26. The molecule has 2 fully saturated rings. The van der Waals surface area contributed by atoms with E-state index in [2.05, 4.69) is 15.6 Å². The molecule has 0 radical (unpaired) electrons. The van der Waals surface area contributed by atoms with E-state index in [4.69, 9.17) is 0 Å². The summed E-state index contributed by atoms with van der Waals surface area (Å²) >= 11 is 0. The van der Waals surface area contributed by atoms with E-state index >= 15 is 0 Å². The van der Waals surface area contributed by atoms with Crippen molar-refractivity contribution in [2.45, 2.75) is 38.6 Å². The molecular formula is C15H27N5O2. The smallest absolute Gasteiger partial charge is 0.241 e. The first kappa shape index (κ1) is 16.6. The van der Waals surface area contributed by atoms with Crippen LogP contribution >= 0.6 is 0 Å². The topological polar surface area (TPSA) is 77.0 Å². The fraction of sp³-hybridized carbons (Fsp3) is 0.800. The van der Waals surface area contributed by atoms with E-state index in [0.717, 1.165) is 38.9 Å². The van der Waals surface area contributed by atoms with Crippen molar-refractivity contribution >= 4 is 17.8 Å². The van der Waals surface area contributed by atoms with Crippen LogP contribution < -0.4 is 10.6 Å². The maximum Gasteiger partial charge on any atom is 0.241 e. The maximum atomic E-state index is 12.0. The summed E-state index contributed by atoms with van der Waals surface area (Å²) in [5.74, 6) is 0.939. The van der Waals surface area contributed by atoms with Crippen molar-refractivity contribution in [2.75, 3.05) is 39.8 Å². The number of amides is 2. The molecule has 2 aliphatic heterocycles. The highest BCUT2D eigenvalue weighted by Crippen LogP contribution is 2.10. The van der Waals surface area contributed by atoms with Crippen LogP contribution in [0.5, 0.6) is 0 Å². The van der Waals surface area contributed by atoms with Gasteiger partial charge in [0.25, 0.3) is 0 Å². The third-order valence-corrected chi connectivity index (χ3v) is 4.27. The van der Waals surface area contributed by atoms with E-state index in [9.17, 15) is 9.59 Å². The van der Waals surface area contributed by atoms with E-state index in [1.807, 2.05) is 16.7 Å². The number of likely N-dealkylation sites (tertiary alicyclic amines) is 2. The van der Waals surface area contributed by atoms with Crippen molar-refractivity contribution in [3.63, 3.8) is 0 Å². The Bertz CT molecular complexity index is 432. The number of hydrogen-bond donors (Lipinski definition) is 2.